The molecule has 0 radical (unpaired) electrons. The summed E-state index contributed by atoms with van der Waals surface area (Å²) in [6.45, 7) is 5.97. The van der Waals surface area contributed by atoms with E-state index >= 15 is 0 Å². The van der Waals surface area contributed by atoms with Crippen molar-refractivity contribution in [2.45, 2.75) is 18.4 Å². The number of hydrogen-bond acceptors (Lipinski definition) is 4. The van der Waals surface area contributed by atoms with E-state index in [-0.39, 0.29) is 17.9 Å². The first-order valence-electron chi connectivity index (χ1n) is 12.5. The number of fused-ring (bicyclic) bond motifs is 2. The van der Waals surface area contributed by atoms with Crippen LogP contribution in [0.25, 0.3) is 10.9 Å². The summed E-state index contributed by atoms with van der Waals surface area (Å²) in [5.74, 6) is -0.533. The van der Waals surface area contributed by atoms with Gasteiger partial charge in [0.1, 0.15) is 0 Å². The quantitative estimate of drug-likeness (QED) is 0.560. The van der Waals surface area contributed by atoms with Gasteiger partial charge in [0.15, 0.2) is 0 Å². The molecule has 2 amide bonds. The maximum atomic E-state index is 13.8. The molecule has 3 aromatic rings. The molecule has 0 saturated carbocycles. The van der Waals surface area contributed by atoms with Gasteiger partial charge in [-0.05, 0) is 37.7 Å². The number of nitrogens with zero attached hydrogens (tertiary/aromatic N) is 4. The second-order valence-electron chi connectivity index (χ2n) is 9.93. The number of benzene rings is 2. The average Bonchev–Trinajstić information content (AvgIpc) is 3.21. The van der Waals surface area contributed by atoms with Crippen LogP contribution in [0.1, 0.15) is 39.9 Å². The molecule has 0 bridgehead atoms. The molecule has 2 unspecified atom stereocenters. The van der Waals surface area contributed by atoms with Crippen molar-refractivity contribution in [1.29, 1.82) is 0 Å². The van der Waals surface area contributed by atoms with E-state index < -0.39 is 5.92 Å². The highest BCUT2D eigenvalue weighted by Crippen LogP contribution is 2.44. The zero-order chi connectivity index (χ0) is 24.5. The predicted molar refractivity (Wildman–Crippen MR) is 139 cm³/mol. The van der Waals surface area contributed by atoms with Crippen LogP contribution in [0.5, 0.6) is 0 Å². The summed E-state index contributed by atoms with van der Waals surface area (Å²) in [5.41, 5.74) is 3.52. The first-order valence-corrected chi connectivity index (χ1v) is 12.5. The van der Waals surface area contributed by atoms with Crippen LogP contribution in [0, 0.1) is 0 Å². The van der Waals surface area contributed by atoms with Crippen LogP contribution in [0.2, 0.25) is 0 Å². The molecule has 2 atom stereocenters. The monoisotopic (exact) mass is 473 g/mol. The normalized spacial score (nSPS) is 21.3. The number of para-hydroxylation sites is 1. The lowest BCUT2D eigenvalue weighted by atomic mass is 9.79. The molecular formula is C28H35N5O2. The summed E-state index contributed by atoms with van der Waals surface area (Å²) >= 11 is 0. The van der Waals surface area contributed by atoms with Gasteiger partial charge in [-0.1, -0.05) is 36.4 Å². The van der Waals surface area contributed by atoms with E-state index in [9.17, 15) is 9.59 Å². The number of aromatic nitrogens is 1. The lowest BCUT2D eigenvalue weighted by Crippen LogP contribution is -2.46. The summed E-state index contributed by atoms with van der Waals surface area (Å²) in [4.78, 5) is 33.7. The first kappa shape index (κ1) is 23.6. The van der Waals surface area contributed by atoms with E-state index in [4.69, 9.17) is 0 Å². The smallest absolute Gasteiger partial charge is 0.254 e. The SMILES string of the molecule is CN1CCN(CCCNC(=O)C2c3ccccc3C(=O)N(C)C2c2cn(C)c3ccccc23)CC1. The van der Waals surface area contributed by atoms with Gasteiger partial charge in [-0.15, -0.1) is 0 Å². The highest BCUT2D eigenvalue weighted by molar-refractivity contribution is 6.02. The topological polar surface area (TPSA) is 60.8 Å². The number of likely N-dealkylation sites (N-methyl/N-ethyl adjacent to an activating group) is 2. The summed E-state index contributed by atoms with van der Waals surface area (Å²) < 4.78 is 2.08. The highest BCUT2D eigenvalue weighted by atomic mass is 16.2. The van der Waals surface area contributed by atoms with Crippen molar-refractivity contribution in [2.75, 3.05) is 53.4 Å². The number of rotatable bonds is 6. The first-order chi connectivity index (χ1) is 17.0. The molecule has 1 aromatic heterocycles. The predicted octanol–water partition coefficient (Wildman–Crippen LogP) is 2.84. The fourth-order valence-corrected chi connectivity index (χ4v) is 5.65. The fraction of sp³-hybridized carbons (Fsp3) is 0.429. The molecule has 2 aromatic carbocycles. The minimum atomic E-state index is -0.469. The molecule has 7 heteroatoms. The van der Waals surface area contributed by atoms with Crippen molar-refractivity contribution in [1.82, 2.24) is 24.6 Å². The lowest BCUT2D eigenvalue weighted by Gasteiger charge is -2.39. The molecule has 2 aliphatic rings. The number of nitrogens with one attached hydrogen (secondary N) is 1. The Morgan fingerprint density at radius 3 is 2.46 bits per heavy atom. The van der Waals surface area contributed by atoms with E-state index in [2.05, 4.69) is 45.1 Å². The molecule has 35 heavy (non-hydrogen) atoms. The van der Waals surface area contributed by atoms with E-state index in [1.807, 2.05) is 50.5 Å². The third-order valence-electron chi connectivity index (χ3n) is 7.65. The van der Waals surface area contributed by atoms with Crippen LogP contribution >= 0.6 is 0 Å². The summed E-state index contributed by atoms with van der Waals surface area (Å²) in [5, 5.41) is 4.29. The van der Waals surface area contributed by atoms with Gasteiger partial charge in [-0.25, -0.2) is 0 Å². The molecule has 7 nitrogen and oxygen atoms in total. The van der Waals surface area contributed by atoms with Crippen LogP contribution < -0.4 is 5.32 Å². The highest BCUT2D eigenvalue weighted by Gasteiger charge is 2.43. The van der Waals surface area contributed by atoms with E-state index in [0.717, 1.165) is 61.2 Å². The number of carbonyl (C=O) groups excluding carboxylic acids is 2. The maximum absolute atomic E-state index is 13.8. The Hall–Kier alpha value is -3.16. The van der Waals surface area contributed by atoms with Crippen molar-refractivity contribution in [2.24, 2.45) is 7.05 Å². The molecule has 2 aliphatic heterocycles. The third-order valence-corrected chi connectivity index (χ3v) is 7.65. The van der Waals surface area contributed by atoms with Gasteiger partial charge in [0, 0.05) is 75.0 Å². The Bertz CT molecular complexity index is 1230. The van der Waals surface area contributed by atoms with Crippen LogP contribution in [0.4, 0.5) is 0 Å². The number of hydrogen-bond donors (Lipinski definition) is 1. The Labute approximate surface area is 207 Å². The average molecular weight is 474 g/mol. The molecule has 5 rings (SSSR count). The van der Waals surface area contributed by atoms with Crippen LogP contribution in [0.15, 0.2) is 54.7 Å². The Morgan fingerprint density at radius 2 is 1.66 bits per heavy atom. The van der Waals surface area contributed by atoms with Crippen LogP contribution in [0.3, 0.4) is 0 Å². The largest absolute Gasteiger partial charge is 0.355 e. The van der Waals surface area contributed by atoms with Crippen molar-refractivity contribution < 1.29 is 9.59 Å². The number of piperazine rings is 1. The fourth-order valence-electron chi connectivity index (χ4n) is 5.65. The zero-order valence-electron chi connectivity index (χ0n) is 20.9. The van der Waals surface area contributed by atoms with Crippen LogP contribution in [-0.2, 0) is 11.8 Å². The van der Waals surface area contributed by atoms with E-state index in [0.29, 0.717) is 12.1 Å². The van der Waals surface area contributed by atoms with Gasteiger partial charge in [-0.2, -0.15) is 0 Å². The molecule has 184 valence electrons. The summed E-state index contributed by atoms with van der Waals surface area (Å²) in [6, 6.07) is 15.4. The van der Waals surface area contributed by atoms with Crippen molar-refractivity contribution in [3.8, 4) is 0 Å². The minimum absolute atomic E-state index is 0.0203. The second kappa shape index (κ2) is 9.84. The number of carbonyl (C=O) groups is 2. The summed E-state index contributed by atoms with van der Waals surface area (Å²) in [7, 11) is 5.99. The lowest BCUT2D eigenvalue weighted by molar-refractivity contribution is -0.124. The zero-order valence-corrected chi connectivity index (χ0v) is 20.9. The summed E-state index contributed by atoms with van der Waals surface area (Å²) in [6.07, 6.45) is 2.98. The Balaban J connectivity index is 1.41. The Morgan fingerprint density at radius 1 is 0.943 bits per heavy atom. The molecule has 1 fully saturated rings. The van der Waals surface area contributed by atoms with E-state index in [1.54, 1.807) is 4.90 Å². The second-order valence-corrected chi connectivity index (χ2v) is 9.93. The van der Waals surface area contributed by atoms with Gasteiger partial charge in [-0.3, -0.25) is 9.59 Å². The maximum Gasteiger partial charge on any atom is 0.254 e. The number of aryl methyl sites for hydroxylation is 1. The van der Waals surface area contributed by atoms with Gasteiger partial charge < -0.3 is 24.6 Å². The minimum Gasteiger partial charge on any atom is -0.355 e. The molecule has 0 spiro atoms. The molecule has 1 saturated heterocycles. The number of amides is 2. The molecule has 3 heterocycles. The van der Waals surface area contributed by atoms with Gasteiger partial charge >= 0.3 is 0 Å². The molecule has 1 N–H and O–H groups in total. The van der Waals surface area contributed by atoms with Crippen LogP contribution in [-0.4, -0.2) is 84.4 Å². The third kappa shape index (κ3) is 4.46. The molecular weight excluding hydrogens is 438 g/mol. The van der Waals surface area contributed by atoms with E-state index in [1.165, 1.54) is 0 Å². The standard InChI is InChI=1S/C28H35N5O2/c1-30-15-17-33(18-16-30)14-8-13-29-27(34)25-21-10-4-5-11-22(21)28(35)32(3)26(25)23-19-31(2)24-12-7-6-9-20(23)24/h4-7,9-12,19,25-26H,8,13-18H2,1-3H3,(H,29,34). The van der Waals surface area contributed by atoms with Crippen molar-refractivity contribution >= 4 is 22.7 Å². The van der Waals surface area contributed by atoms with Crippen molar-refractivity contribution in [3.05, 3.63) is 71.4 Å². The van der Waals surface area contributed by atoms with Gasteiger partial charge in [0.05, 0.1) is 12.0 Å². The van der Waals surface area contributed by atoms with Crippen molar-refractivity contribution in [3.63, 3.8) is 0 Å². The Kier molecular flexibility index (Phi) is 6.62. The molecule has 0 aliphatic carbocycles. The van der Waals surface area contributed by atoms with Gasteiger partial charge in [0.2, 0.25) is 5.91 Å². The van der Waals surface area contributed by atoms with Gasteiger partial charge in [0.25, 0.3) is 5.91 Å².